The maximum atomic E-state index is 9.69. The number of hydrogen-bond donors (Lipinski definition) is 4. The molecule has 0 saturated heterocycles. The minimum absolute atomic E-state index is 0.131. The van der Waals surface area contributed by atoms with E-state index in [0.717, 1.165) is 17.8 Å². The summed E-state index contributed by atoms with van der Waals surface area (Å²) in [5.41, 5.74) is 3.25. The van der Waals surface area contributed by atoms with Crippen LogP contribution in [0.4, 0.5) is 11.8 Å². The van der Waals surface area contributed by atoms with Gasteiger partial charge in [-0.2, -0.15) is 4.98 Å². The van der Waals surface area contributed by atoms with E-state index in [0.29, 0.717) is 5.95 Å². The number of aliphatic hydroxyl groups is 1. The fraction of sp³-hybridized carbons (Fsp3) is 0.636. The third-order valence-corrected chi connectivity index (χ3v) is 3.63. The summed E-state index contributed by atoms with van der Waals surface area (Å²) in [4.78, 5) is 8.29. The molecule has 1 saturated carbocycles. The van der Waals surface area contributed by atoms with Crippen molar-refractivity contribution in [2.45, 2.75) is 39.3 Å². The SMILES string of the molecule is Cc1cnc(NN)nc1NC1CC(O)C1(C)C. The van der Waals surface area contributed by atoms with Crippen molar-refractivity contribution in [3.63, 3.8) is 0 Å². The first-order chi connectivity index (χ1) is 7.95. The van der Waals surface area contributed by atoms with Crippen LogP contribution in [0, 0.1) is 12.3 Å². The van der Waals surface area contributed by atoms with Gasteiger partial charge in [-0.15, -0.1) is 0 Å². The highest BCUT2D eigenvalue weighted by molar-refractivity contribution is 5.47. The Morgan fingerprint density at radius 2 is 2.24 bits per heavy atom. The number of aromatic nitrogens is 2. The zero-order chi connectivity index (χ0) is 12.6. The Balaban J connectivity index is 2.14. The van der Waals surface area contributed by atoms with Crippen LogP contribution in [0.3, 0.4) is 0 Å². The number of hydrogen-bond acceptors (Lipinski definition) is 6. The maximum Gasteiger partial charge on any atom is 0.239 e. The number of nitrogen functional groups attached to an aromatic ring is 1. The van der Waals surface area contributed by atoms with E-state index in [9.17, 15) is 5.11 Å². The summed E-state index contributed by atoms with van der Waals surface area (Å²) in [7, 11) is 0. The molecule has 1 heterocycles. The van der Waals surface area contributed by atoms with Crippen molar-refractivity contribution in [1.29, 1.82) is 0 Å². The molecule has 1 aromatic heterocycles. The number of nitrogens with one attached hydrogen (secondary N) is 2. The summed E-state index contributed by atoms with van der Waals surface area (Å²) in [6, 6.07) is 0.219. The molecule has 2 unspecified atom stereocenters. The Morgan fingerprint density at radius 1 is 1.53 bits per heavy atom. The molecule has 6 heteroatoms. The first kappa shape index (κ1) is 12.1. The summed E-state index contributed by atoms with van der Waals surface area (Å²) < 4.78 is 0. The van der Waals surface area contributed by atoms with Crippen LogP contribution in [-0.2, 0) is 0 Å². The lowest BCUT2D eigenvalue weighted by Gasteiger charge is -2.49. The summed E-state index contributed by atoms with van der Waals surface area (Å²) in [5, 5.41) is 13.0. The Morgan fingerprint density at radius 3 is 2.76 bits per heavy atom. The Hall–Kier alpha value is -1.40. The summed E-state index contributed by atoms with van der Waals surface area (Å²) in [5.74, 6) is 6.43. The van der Waals surface area contributed by atoms with Crippen molar-refractivity contribution in [3.05, 3.63) is 11.8 Å². The predicted octanol–water partition coefficient (Wildman–Crippen LogP) is 0.642. The Labute approximate surface area is 101 Å². The molecule has 1 fully saturated rings. The standard InChI is InChI=1S/C11H19N5O/c1-6-5-13-10(16-12)15-9(6)14-7-4-8(17)11(7,2)3/h5,7-8,17H,4,12H2,1-3H3,(H2,13,14,15,16). The monoisotopic (exact) mass is 237 g/mol. The van der Waals surface area contributed by atoms with Crippen LogP contribution in [0.25, 0.3) is 0 Å². The first-order valence-corrected chi connectivity index (χ1v) is 5.70. The number of rotatable bonds is 3. The van der Waals surface area contributed by atoms with E-state index in [2.05, 4.69) is 20.7 Å². The molecule has 94 valence electrons. The average Bonchev–Trinajstić information content (AvgIpc) is 2.31. The molecule has 6 nitrogen and oxygen atoms in total. The van der Waals surface area contributed by atoms with Crippen LogP contribution in [0.5, 0.6) is 0 Å². The van der Waals surface area contributed by atoms with Crippen molar-refractivity contribution in [2.24, 2.45) is 11.3 Å². The largest absolute Gasteiger partial charge is 0.392 e. The van der Waals surface area contributed by atoms with Gasteiger partial charge in [-0.25, -0.2) is 10.8 Å². The van der Waals surface area contributed by atoms with E-state index in [1.54, 1.807) is 6.20 Å². The van der Waals surface area contributed by atoms with Gasteiger partial charge >= 0.3 is 0 Å². The van der Waals surface area contributed by atoms with Gasteiger partial charge < -0.3 is 10.4 Å². The maximum absolute atomic E-state index is 9.69. The average molecular weight is 237 g/mol. The molecule has 1 aliphatic carbocycles. The lowest BCUT2D eigenvalue weighted by atomic mass is 9.64. The quantitative estimate of drug-likeness (QED) is 0.455. The summed E-state index contributed by atoms with van der Waals surface area (Å²) in [6.45, 7) is 6.01. The predicted molar refractivity (Wildman–Crippen MR) is 66.4 cm³/mol. The van der Waals surface area contributed by atoms with Crippen molar-refractivity contribution >= 4 is 11.8 Å². The number of aliphatic hydroxyl groups excluding tert-OH is 1. The van der Waals surface area contributed by atoms with Gasteiger partial charge in [0.05, 0.1) is 6.10 Å². The highest BCUT2D eigenvalue weighted by atomic mass is 16.3. The lowest BCUT2D eigenvalue weighted by Crippen LogP contribution is -2.57. The van der Waals surface area contributed by atoms with Crippen LogP contribution in [0.2, 0.25) is 0 Å². The Kier molecular flexibility index (Phi) is 2.92. The van der Waals surface area contributed by atoms with E-state index in [1.807, 2.05) is 20.8 Å². The zero-order valence-corrected chi connectivity index (χ0v) is 10.4. The number of anilines is 2. The van der Waals surface area contributed by atoms with Crippen molar-refractivity contribution in [3.8, 4) is 0 Å². The molecule has 5 N–H and O–H groups in total. The second-order valence-corrected chi connectivity index (χ2v) is 5.14. The van der Waals surface area contributed by atoms with E-state index in [4.69, 9.17) is 5.84 Å². The van der Waals surface area contributed by atoms with Crippen LogP contribution >= 0.6 is 0 Å². The smallest absolute Gasteiger partial charge is 0.239 e. The van der Waals surface area contributed by atoms with E-state index in [-0.39, 0.29) is 17.6 Å². The van der Waals surface area contributed by atoms with E-state index >= 15 is 0 Å². The Bertz CT molecular complexity index is 420. The number of hydrazine groups is 1. The van der Waals surface area contributed by atoms with Gasteiger partial charge in [0.25, 0.3) is 0 Å². The minimum Gasteiger partial charge on any atom is -0.392 e. The molecule has 2 atom stereocenters. The van der Waals surface area contributed by atoms with Gasteiger partial charge in [0.15, 0.2) is 0 Å². The highest BCUT2D eigenvalue weighted by Gasteiger charge is 2.47. The van der Waals surface area contributed by atoms with Crippen molar-refractivity contribution in [2.75, 3.05) is 10.7 Å². The summed E-state index contributed by atoms with van der Waals surface area (Å²) in [6.07, 6.45) is 2.20. The van der Waals surface area contributed by atoms with Gasteiger partial charge in [0.2, 0.25) is 5.95 Å². The second kappa shape index (κ2) is 4.12. The molecular formula is C11H19N5O. The molecule has 1 aromatic rings. The number of nitrogens with two attached hydrogens (primary N) is 1. The van der Waals surface area contributed by atoms with Crippen LogP contribution in [-0.4, -0.2) is 27.2 Å². The summed E-state index contributed by atoms with van der Waals surface area (Å²) >= 11 is 0. The molecule has 0 radical (unpaired) electrons. The van der Waals surface area contributed by atoms with Gasteiger partial charge in [-0.05, 0) is 13.3 Å². The van der Waals surface area contributed by atoms with Crippen molar-refractivity contribution < 1.29 is 5.11 Å². The molecule has 0 bridgehead atoms. The van der Waals surface area contributed by atoms with E-state index in [1.165, 1.54) is 0 Å². The zero-order valence-electron chi connectivity index (χ0n) is 10.4. The van der Waals surface area contributed by atoms with Crippen LogP contribution < -0.4 is 16.6 Å². The van der Waals surface area contributed by atoms with Gasteiger partial charge in [0.1, 0.15) is 5.82 Å². The molecule has 2 rings (SSSR count). The molecule has 17 heavy (non-hydrogen) atoms. The van der Waals surface area contributed by atoms with Crippen LogP contribution in [0.1, 0.15) is 25.8 Å². The normalized spacial score (nSPS) is 26.2. The van der Waals surface area contributed by atoms with E-state index < -0.39 is 0 Å². The fourth-order valence-electron chi connectivity index (χ4n) is 1.97. The third kappa shape index (κ3) is 2.05. The fourth-order valence-corrected chi connectivity index (χ4v) is 1.97. The topological polar surface area (TPSA) is 96.1 Å². The minimum atomic E-state index is -0.255. The second-order valence-electron chi connectivity index (χ2n) is 5.14. The lowest BCUT2D eigenvalue weighted by molar-refractivity contribution is -0.0511. The van der Waals surface area contributed by atoms with Gasteiger partial charge in [0, 0.05) is 23.2 Å². The van der Waals surface area contributed by atoms with Crippen molar-refractivity contribution in [1.82, 2.24) is 9.97 Å². The third-order valence-electron chi connectivity index (χ3n) is 3.63. The molecule has 1 aliphatic rings. The van der Waals surface area contributed by atoms with Gasteiger partial charge in [-0.3, -0.25) is 5.43 Å². The molecule has 0 spiro atoms. The first-order valence-electron chi connectivity index (χ1n) is 5.70. The molecule has 0 aromatic carbocycles. The molecule has 0 aliphatic heterocycles. The number of aryl methyl sites for hydroxylation is 1. The number of nitrogens with zero attached hydrogens (tertiary/aromatic N) is 2. The molecular weight excluding hydrogens is 218 g/mol. The van der Waals surface area contributed by atoms with Gasteiger partial charge in [-0.1, -0.05) is 13.8 Å². The molecule has 0 amide bonds. The van der Waals surface area contributed by atoms with Crippen LogP contribution in [0.15, 0.2) is 6.20 Å². The highest BCUT2D eigenvalue weighted by Crippen LogP contribution is 2.42.